The Bertz CT molecular complexity index is 476. The standard InChI is InChI=1S/C15H18BrNO2/c1-3-7-19-14-5-4-13(16)9-12(14)10-17-15(2)6-8-18-11-15/h1,4-5,9,17H,6-8,10-11H2,2H3. The summed E-state index contributed by atoms with van der Waals surface area (Å²) >= 11 is 3.48. The fourth-order valence-corrected chi connectivity index (χ4v) is 2.47. The van der Waals surface area contributed by atoms with Crippen molar-refractivity contribution >= 4 is 15.9 Å². The molecule has 0 aliphatic carbocycles. The van der Waals surface area contributed by atoms with Crippen molar-refractivity contribution in [3.63, 3.8) is 0 Å². The van der Waals surface area contributed by atoms with Gasteiger partial charge in [-0.05, 0) is 31.5 Å². The molecule has 3 nitrogen and oxygen atoms in total. The van der Waals surface area contributed by atoms with Crippen molar-refractivity contribution in [2.24, 2.45) is 0 Å². The van der Waals surface area contributed by atoms with Gasteiger partial charge in [0.15, 0.2) is 0 Å². The SMILES string of the molecule is C#CCOc1ccc(Br)cc1CNC1(C)CCOC1. The summed E-state index contributed by atoms with van der Waals surface area (Å²) in [4.78, 5) is 0. The van der Waals surface area contributed by atoms with E-state index in [2.05, 4.69) is 40.2 Å². The monoisotopic (exact) mass is 323 g/mol. The Morgan fingerprint density at radius 2 is 2.42 bits per heavy atom. The van der Waals surface area contributed by atoms with Crippen molar-refractivity contribution in [1.82, 2.24) is 5.32 Å². The average Bonchev–Trinajstić information content (AvgIpc) is 2.83. The van der Waals surface area contributed by atoms with E-state index in [1.54, 1.807) is 0 Å². The first kappa shape index (κ1) is 14.4. The summed E-state index contributed by atoms with van der Waals surface area (Å²) in [6, 6.07) is 5.94. The smallest absolute Gasteiger partial charge is 0.148 e. The highest BCUT2D eigenvalue weighted by molar-refractivity contribution is 9.10. The second kappa shape index (κ2) is 6.42. The predicted octanol–water partition coefficient (Wildman–Crippen LogP) is 2.73. The molecular weight excluding hydrogens is 306 g/mol. The molecule has 4 heteroatoms. The summed E-state index contributed by atoms with van der Waals surface area (Å²) in [5, 5.41) is 3.54. The van der Waals surface area contributed by atoms with Crippen LogP contribution in [0.15, 0.2) is 22.7 Å². The number of rotatable bonds is 5. The molecule has 0 amide bonds. The van der Waals surface area contributed by atoms with Gasteiger partial charge in [0.25, 0.3) is 0 Å². The van der Waals surface area contributed by atoms with Gasteiger partial charge in [0, 0.05) is 28.7 Å². The number of hydrogen-bond donors (Lipinski definition) is 1. The normalized spacial score (nSPS) is 22.2. The van der Waals surface area contributed by atoms with Crippen LogP contribution in [0.2, 0.25) is 0 Å². The van der Waals surface area contributed by atoms with Crippen molar-refractivity contribution in [3.8, 4) is 18.1 Å². The van der Waals surface area contributed by atoms with E-state index >= 15 is 0 Å². The molecule has 1 aromatic rings. The minimum Gasteiger partial charge on any atom is -0.481 e. The van der Waals surface area contributed by atoms with E-state index in [1.807, 2.05) is 12.1 Å². The topological polar surface area (TPSA) is 30.5 Å². The number of nitrogens with one attached hydrogen (secondary N) is 1. The fourth-order valence-electron chi connectivity index (χ4n) is 2.06. The van der Waals surface area contributed by atoms with Gasteiger partial charge in [0.05, 0.1) is 6.61 Å². The second-order valence-corrected chi connectivity index (χ2v) is 5.88. The maximum Gasteiger partial charge on any atom is 0.148 e. The first-order valence-electron chi connectivity index (χ1n) is 6.30. The van der Waals surface area contributed by atoms with Crippen molar-refractivity contribution in [2.45, 2.75) is 25.4 Å². The lowest BCUT2D eigenvalue weighted by molar-refractivity contribution is 0.171. The summed E-state index contributed by atoms with van der Waals surface area (Å²) in [5.74, 6) is 3.32. The fraction of sp³-hybridized carbons (Fsp3) is 0.467. The Kier molecular flexibility index (Phi) is 4.87. The van der Waals surface area contributed by atoms with E-state index in [0.29, 0.717) is 0 Å². The molecule has 2 rings (SSSR count). The zero-order valence-corrected chi connectivity index (χ0v) is 12.6. The van der Waals surface area contributed by atoms with Gasteiger partial charge in [-0.3, -0.25) is 0 Å². The van der Waals surface area contributed by atoms with Gasteiger partial charge in [-0.25, -0.2) is 0 Å². The lowest BCUT2D eigenvalue weighted by atomic mass is 10.0. The van der Waals surface area contributed by atoms with Gasteiger partial charge in [-0.2, -0.15) is 0 Å². The molecule has 1 aliphatic rings. The van der Waals surface area contributed by atoms with Crippen LogP contribution < -0.4 is 10.1 Å². The van der Waals surface area contributed by atoms with E-state index in [4.69, 9.17) is 15.9 Å². The summed E-state index contributed by atoms with van der Waals surface area (Å²) in [6.45, 7) is 4.78. The summed E-state index contributed by atoms with van der Waals surface area (Å²) < 4.78 is 12.0. The molecule has 1 heterocycles. The molecule has 19 heavy (non-hydrogen) atoms. The van der Waals surface area contributed by atoms with Gasteiger partial charge in [0.1, 0.15) is 12.4 Å². The molecule has 0 radical (unpaired) electrons. The third kappa shape index (κ3) is 3.97. The van der Waals surface area contributed by atoms with Crippen LogP contribution in [0.3, 0.4) is 0 Å². The van der Waals surface area contributed by atoms with Gasteiger partial charge in [-0.15, -0.1) is 6.42 Å². The highest BCUT2D eigenvalue weighted by Gasteiger charge is 2.29. The second-order valence-electron chi connectivity index (χ2n) is 4.96. The van der Waals surface area contributed by atoms with Crippen LogP contribution in [-0.4, -0.2) is 25.4 Å². The molecule has 1 N–H and O–H groups in total. The third-order valence-corrected chi connectivity index (χ3v) is 3.75. The number of halogens is 1. The Morgan fingerprint density at radius 3 is 3.11 bits per heavy atom. The molecular formula is C15H18BrNO2. The molecule has 0 aromatic heterocycles. The quantitative estimate of drug-likeness (QED) is 0.845. The minimum absolute atomic E-state index is 0.0473. The third-order valence-electron chi connectivity index (χ3n) is 3.26. The first-order valence-corrected chi connectivity index (χ1v) is 7.10. The molecule has 0 bridgehead atoms. The van der Waals surface area contributed by atoms with Gasteiger partial charge in [-0.1, -0.05) is 21.9 Å². The summed E-state index contributed by atoms with van der Waals surface area (Å²) in [6.07, 6.45) is 6.26. The molecule has 1 aromatic carbocycles. The van der Waals surface area contributed by atoms with Crippen LogP contribution in [0.5, 0.6) is 5.75 Å². The van der Waals surface area contributed by atoms with Crippen LogP contribution in [0.1, 0.15) is 18.9 Å². The summed E-state index contributed by atoms with van der Waals surface area (Å²) in [5.41, 5.74) is 1.14. The van der Waals surface area contributed by atoms with Crippen LogP contribution in [0, 0.1) is 12.3 Å². The number of ether oxygens (including phenoxy) is 2. The first-order chi connectivity index (χ1) is 9.13. The van der Waals surface area contributed by atoms with E-state index in [-0.39, 0.29) is 12.1 Å². The Balaban J connectivity index is 2.05. The number of benzene rings is 1. The highest BCUT2D eigenvalue weighted by Crippen LogP contribution is 2.25. The van der Waals surface area contributed by atoms with Crippen molar-refractivity contribution < 1.29 is 9.47 Å². The summed E-state index contributed by atoms with van der Waals surface area (Å²) in [7, 11) is 0. The molecule has 102 valence electrons. The average molecular weight is 324 g/mol. The lowest BCUT2D eigenvalue weighted by Gasteiger charge is -2.24. The van der Waals surface area contributed by atoms with Crippen LogP contribution in [-0.2, 0) is 11.3 Å². The largest absolute Gasteiger partial charge is 0.481 e. The van der Waals surface area contributed by atoms with Gasteiger partial charge in [0.2, 0.25) is 0 Å². The number of terminal acetylenes is 1. The Morgan fingerprint density at radius 1 is 1.58 bits per heavy atom. The van der Waals surface area contributed by atoms with E-state index in [9.17, 15) is 0 Å². The lowest BCUT2D eigenvalue weighted by Crippen LogP contribution is -2.42. The van der Waals surface area contributed by atoms with Crippen molar-refractivity contribution in [3.05, 3.63) is 28.2 Å². The van der Waals surface area contributed by atoms with Crippen LogP contribution in [0.4, 0.5) is 0 Å². The van der Waals surface area contributed by atoms with Crippen molar-refractivity contribution in [2.75, 3.05) is 19.8 Å². The molecule has 1 aliphatic heterocycles. The molecule has 1 unspecified atom stereocenters. The molecule has 1 fully saturated rings. The maximum absolute atomic E-state index is 5.56. The van der Waals surface area contributed by atoms with Crippen LogP contribution in [0.25, 0.3) is 0 Å². The van der Waals surface area contributed by atoms with E-state index in [0.717, 1.165) is 42.0 Å². The molecule has 1 atom stereocenters. The predicted molar refractivity (Wildman–Crippen MR) is 79.2 cm³/mol. The van der Waals surface area contributed by atoms with Crippen molar-refractivity contribution in [1.29, 1.82) is 0 Å². The Hall–Kier alpha value is -1.02. The zero-order chi connectivity index (χ0) is 13.7. The highest BCUT2D eigenvalue weighted by atomic mass is 79.9. The van der Waals surface area contributed by atoms with E-state index in [1.165, 1.54) is 0 Å². The zero-order valence-electron chi connectivity index (χ0n) is 11.0. The molecule has 1 saturated heterocycles. The molecule has 0 saturated carbocycles. The van der Waals surface area contributed by atoms with Gasteiger partial charge >= 0.3 is 0 Å². The Labute approximate surface area is 122 Å². The van der Waals surface area contributed by atoms with Crippen LogP contribution >= 0.6 is 15.9 Å². The van der Waals surface area contributed by atoms with Gasteiger partial charge < -0.3 is 14.8 Å². The van der Waals surface area contributed by atoms with E-state index < -0.39 is 0 Å². The number of hydrogen-bond acceptors (Lipinski definition) is 3. The minimum atomic E-state index is 0.0473. The molecule has 0 spiro atoms. The maximum atomic E-state index is 5.56.